The van der Waals surface area contributed by atoms with E-state index in [-0.39, 0.29) is 5.91 Å². The number of hydrogen-bond acceptors (Lipinski definition) is 4. The zero-order chi connectivity index (χ0) is 18.5. The van der Waals surface area contributed by atoms with Gasteiger partial charge in [-0.15, -0.1) is 0 Å². The van der Waals surface area contributed by atoms with Crippen molar-refractivity contribution in [2.24, 2.45) is 5.92 Å². The van der Waals surface area contributed by atoms with E-state index in [0.29, 0.717) is 5.56 Å². The van der Waals surface area contributed by atoms with E-state index >= 15 is 0 Å². The summed E-state index contributed by atoms with van der Waals surface area (Å²) in [4.78, 5) is 21.7. The average molecular weight is 365 g/mol. The van der Waals surface area contributed by atoms with Crippen molar-refractivity contribution >= 4 is 5.91 Å². The highest BCUT2D eigenvalue weighted by atomic mass is 16.2. The summed E-state index contributed by atoms with van der Waals surface area (Å²) < 4.78 is 1.66. The number of carbonyl (C=O) groups excluding carboxylic acids is 1. The third-order valence-electron chi connectivity index (χ3n) is 5.57. The molecule has 1 aromatic heterocycles. The van der Waals surface area contributed by atoms with Gasteiger partial charge < -0.3 is 9.80 Å². The summed E-state index contributed by atoms with van der Waals surface area (Å²) in [7, 11) is 0. The number of hydrogen-bond donors (Lipinski definition) is 0. The van der Waals surface area contributed by atoms with Crippen LogP contribution in [0, 0.1) is 5.92 Å². The molecule has 0 saturated carbocycles. The van der Waals surface area contributed by atoms with Crippen LogP contribution in [0.2, 0.25) is 0 Å². The molecule has 1 aromatic carbocycles. The predicted octanol–water partition coefficient (Wildman–Crippen LogP) is 2.77. The van der Waals surface area contributed by atoms with Gasteiger partial charge >= 0.3 is 0 Å². The van der Waals surface area contributed by atoms with Gasteiger partial charge in [0.05, 0.1) is 11.3 Å². The summed E-state index contributed by atoms with van der Waals surface area (Å²) in [6.07, 6.45) is 12.5. The third kappa shape index (κ3) is 4.27. The van der Waals surface area contributed by atoms with Crippen molar-refractivity contribution in [1.82, 2.24) is 24.6 Å². The number of carbonyl (C=O) groups is 1. The molecule has 1 aliphatic carbocycles. The lowest BCUT2D eigenvalue weighted by atomic mass is 9.94. The van der Waals surface area contributed by atoms with Crippen LogP contribution >= 0.6 is 0 Å². The molecule has 6 heteroatoms. The normalized spacial score (nSPS) is 21.2. The van der Waals surface area contributed by atoms with Crippen LogP contribution in [0.1, 0.15) is 36.0 Å². The molecular weight excluding hydrogens is 338 g/mol. The molecule has 2 aromatic rings. The molecule has 0 radical (unpaired) electrons. The Labute approximate surface area is 160 Å². The van der Waals surface area contributed by atoms with E-state index in [2.05, 4.69) is 27.1 Å². The number of aromatic nitrogens is 3. The van der Waals surface area contributed by atoms with Gasteiger partial charge in [-0.3, -0.25) is 4.79 Å². The van der Waals surface area contributed by atoms with Gasteiger partial charge in [0.2, 0.25) is 0 Å². The first-order valence-corrected chi connectivity index (χ1v) is 9.92. The first-order valence-electron chi connectivity index (χ1n) is 9.92. The summed E-state index contributed by atoms with van der Waals surface area (Å²) in [5.41, 5.74) is 1.48. The molecule has 1 unspecified atom stereocenters. The van der Waals surface area contributed by atoms with Gasteiger partial charge in [0.15, 0.2) is 0 Å². The number of benzene rings is 1. The molecule has 2 heterocycles. The van der Waals surface area contributed by atoms with Gasteiger partial charge in [0.1, 0.15) is 12.7 Å². The zero-order valence-corrected chi connectivity index (χ0v) is 15.7. The van der Waals surface area contributed by atoms with Crippen molar-refractivity contribution in [3.63, 3.8) is 0 Å². The SMILES string of the molecule is O=C(c1ccccc1-n1cncn1)N1CCCN(CC2CC=CCC2)CC1. The Morgan fingerprint density at radius 2 is 2.04 bits per heavy atom. The summed E-state index contributed by atoms with van der Waals surface area (Å²) in [6.45, 7) is 4.78. The smallest absolute Gasteiger partial charge is 0.256 e. The predicted molar refractivity (Wildman–Crippen MR) is 105 cm³/mol. The average Bonchev–Trinajstić information content (AvgIpc) is 3.15. The molecule has 27 heavy (non-hydrogen) atoms. The largest absolute Gasteiger partial charge is 0.337 e. The maximum Gasteiger partial charge on any atom is 0.256 e. The molecular formula is C21H27N5O. The van der Waals surface area contributed by atoms with E-state index in [1.54, 1.807) is 11.0 Å². The van der Waals surface area contributed by atoms with Gasteiger partial charge in [-0.05, 0) is 50.3 Å². The topological polar surface area (TPSA) is 54.3 Å². The number of para-hydroxylation sites is 1. The lowest BCUT2D eigenvalue weighted by Crippen LogP contribution is -2.37. The van der Waals surface area contributed by atoms with Crippen molar-refractivity contribution in [2.45, 2.75) is 25.7 Å². The van der Waals surface area contributed by atoms with Crippen molar-refractivity contribution in [3.05, 3.63) is 54.6 Å². The minimum absolute atomic E-state index is 0.0866. The van der Waals surface area contributed by atoms with Crippen LogP contribution in [0.5, 0.6) is 0 Å². The number of allylic oxidation sites excluding steroid dienone is 2. The maximum absolute atomic E-state index is 13.2. The molecule has 1 aliphatic heterocycles. The summed E-state index contributed by atoms with van der Waals surface area (Å²) in [5, 5.41) is 4.19. The zero-order valence-electron chi connectivity index (χ0n) is 15.7. The molecule has 1 fully saturated rings. The molecule has 4 rings (SSSR count). The first-order chi connectivity index (χ1) is 13.3. The first kappa shape index (κ1) is 17.9. The minimum atomic E-state index is 0.0866. The fourth-order valence-corrected chi connectivity index (χ4v) is 4.10. The van der Waals surface area contributed by atoms with Crippen LogP contribution in [0.3, 0.4) is 0 Å². The van der Waals surface area contributed by atoms with Crippen LogP contribution in [0.4, 0.5) is 0 Å². The van der Waals surface area contributed by atoms with E-state index in [1.165, 1.54) is 25.6 Å². The van der Waals surface area contributed by atoms with E-state index in [4.69, 9.17) is 0 Å². The van der Waals surface area contributed by atoms with Gasteiger partial charge in [0, 0.05) is 26.2 Å². The highest BCUT2D eigenvalue weighted by Crippen LogP contribution is 2.21. The van der Waals surface area contributed by atoms with E-state index in [9.17, 15) is 4.79 Å². The Kier molecular flexibility index (Phi) is 5.63. The Hall–Kier alpha value is -2.47. The van der Waals surface area contributed by atoms with Crippen molar-refractivity contribution in [3.8, 4) is 5.69 Å². The minimum Gasteiger partial charge on any atom is -0.337 e. The highest BCUT2D eigenvalue weighted by Gasteiger charge is 2.24. The standard InChI is InChI=1S/C21H27N5O/c27-21(19-9-4-5-10-20(19)26-17-22-16-23-26)25-12-6-11-24(13-14-25)15-18-7-2-1-3-8-18/h1-2,4-5,9-10,16-18H,3,6-8,11-15H2. The van der Waals surface area contributed by atoms with Crippen LogP contribution < -0.4 is 0 Å². The van der Waals surface area contributed by atoms with Crippen molar-refractivity contribution in [2.75, 3.05) is 32.7 Å². The molecule has 1 atom stereocenters. The Bertz CT molecular complexity index is 786. The van der Waals surface area contributed by atoms with Gasteiger partial charge in [-0.2, -0.15) is 5.10 Å². The van der Waals surface area contributed by atoms with Gasteiger partial charge in [-0.25, -0.2) is 9.67 Å². The fourth-order valence-electron chi connectivity index (χ4n) is 4.10. The van der Waals surface area contributed by atoms with Crippen LogP contribution in [-0.2, 0) is 0 Å². The second kappa shape index (κ2) is 8.48. The van der Waals surface area contributed by atoms with Crippen LogP contribution in [0.15, 0.2) is 49.1 Å². The van der Waals surface area contributed by atoms with E-state index in [1.807, 2.05) is 29.2 Å². The monoisotopic (exact) mass is 365 g/mol. The molecule has 142 valence electrons. The maximum atomic E-state index is 13.2. The molecule has 2 aliphatic rings. The summed E-state index contributed by atoms with van der Waals surface area (Å²) in [5.74, 6) is 0.855. The third-order valence-corrected chi connectivity index (χ3v) is 5.57. The number of rotatable bonds is 4. The molecule has 0 N–H and O–H groups in total. The quantitative estimate of drug-likeness (QED) is 0.782. The fraction of sp³-hybridized carbons (Fsp3) is 0.476. The molecule has 1 saturated heterocycles. The second-order valence-corrected chi connectivity index (χ2v) is 7.45. The van der Waals surface area contributed by atoms with Crippen molar-refractivity contribution in [1.29, 1.82) is 0 Å². The van der Waals surface area contributed by atoms with Crippen LogP contribution in [0.25, 0.3) is 5.69 Å². The Balaban J connectivity index is 1.42. The highest BCUT2D eigenvalue weighted by molar-refractivity contribution is 5.97. The summed E-state index contributed by atoms with van der Waals surface area (Å²) in [6, 6.07) is 7.64. The number of amides is 1. The lowest BCUT2D eigenvalue weighted by Gasteiger charge is -2.27. The van der Waals surface area contributed by atoms with E-state index < -0.39 is 0 Å². The molecule has 0 bridgehead atoms. The summed E-state index contributed by atoms with van der Waals surface area (Å²) >= 11 is 0. The Morgan fingerprint density at radius 3 is 2.85 bits per heavy atom. The molecule has 0 spiro atoms. The van der Waals surface area contributed by atoms with Crippen LogP contribution in [-0.4, -0.2) is 63.2 Å². The van der Waals surface area contributed by atoms with Crippen molar-refractivity contribution < 1.29 is 4.79 Å². The number of nitrogens with zero attached hydrogens (tertiary/aromatic N) is 5. The van der Waals surface area contributed by atoms with E-state index in [0.717, 1.165) is 50.7 Å². The molecule has 6 nitrogen and oxygen atoms in total. The Morgan fingerprint density at radius 1 is 1.11 bits per heavy atom. The van der Waals surface area contributed by atoms with Gasteiger partial charge in [0.25, 0.3) is 5.91 Å². The second-order valence-electron chi connectivity index (χ2n) is 7.45. The lowest BCUT2D eigenvalue weighted by molar-refractivity contribution is 0.0760. The molecule has 1 amide bonds. The van der Waals surface area contributed by atoms with Gasteiger partial charge in [-0.1, -0.05) is 24.3 Å².